The third-order valence-corrected chi connectivity index (χ3v) is 6.04. The Labute approximate surface area is 160 Å². The van der Waals surface area contributed by atoms with E-state index in [1.807, 2.05) is 12.2 Å². The lowest BCUT2D eigenvalue weighted by molar-refractivity contribution is -0.140. The van der Waals surface area contributed by atoms with Gasteiger partial charge in [-0.25, -0.2) is 13.1 Å². The zero-order valence-corrected chi connectivity index (χ0v) is 16.4. The molecule has 1 aromatic carbocycles. The first-order valence-corrected chi connectivity index (χ1v) is 10.4. The Morgan fingerprint density at radius 3 is 2.73 bits per heavy atom. The van der Waals surface area contributed by atoms with E-state index >= 15 is 0 Å². The van der Waals surface area contributed by atoms with Crippen LogP contribution in [0.2, 0.25) is 5.02 Å². The van der Waals surface area contributed by atoms with Gasteiger partial charge in [-0.1, -0.05) is 35.4 Å². The molecule has 0 radical (unpaired) electrons. The minimum Gasteiger partial charge on any atom is -0.469 e. The summed E-state index contributed by atoms with van der Waals surface area (Å²) < 4.78 is 32.0. The highest BCUT2D eigenvalue weighted by atomic mass is 35.5. The minimum absolute atomic E-state index is 0.197. The summed E-state index contributed by atoms with van der Waals surface area (Å²) in [5, 5.41) is 0.504. The number of nitrogens with one attached hydrogen (secondary N) is 1. The van der Waals surface area contributed by atoms with Gasteiger partial charge in [-0.3, -0.25) is 4.79 Å². The summed E-state index contributed by atoms with van der Waals surface area (Å²) in [6.45, 7) is 0.382. The van der Waals surface area contributed by atoms with Crippen molar-refractivity contribution in [2.45, 2.75) is 37.0 Å². The third-order valence-electron chi connectivity index (χ3n) is 4.35. The van der Waals surface area contributed by atoms with Crippen LogP contribution in [0.5, 0.6) is 0 Å². The fourth-order valence-electron chi connectivity index (χ4n) is 2.85. The number of ether oxygens (including phenoxy) is 1. The predicted octanol–water partition coefficient (Wildman–Crippen LogP) is 3.85. The molecule has 5 nitrogen and oxygen atoms in total. The Kier molecular flexibility index (Phi) is 7.87. The number of methoxy groups -OCH3 is 1. The number of carbonyl (C=O) groups excluding carboxylic acids is 1. The number of esters is 1. The van der Waals surface area contributed by atoms with Gasteiger partial charge in [-0.15, -0.1) is 0 Å². The fraction of sp³-hybridized carbons (Fsp3) is 0.421. The van der Waals surface area contributed by atoms with Crippen molar-refractivity contribution >= 4 is 27.6 Å². The molecule has 1 atom stereocenters. The summed E-state index contributed by atoms with van der Waals surface area (Å²) in [6, 6.07) is 6.13. The molecule has 0 unspecified atom stereocenters. The number of sulfonamides is 1. The van der Waals surface area contributed by atoms with Crippen LogP contribution in [0.15, 0.2) is 53.0 Å². The third kappa shape index (κ3) is 6.27. The van der Waals surface area contributed by atoms with Crippen LogP contribution < -0.4 is 4.72 Å². The van der Waals surface area contributed by atoms with Crippen LogP contribution >= 0.6 is 11.6 Å². The molecule has 0 saturated heterocycles. The number of hydrogen-bond acceptors (Lipinski definition) is 4. The number of hydrogen-bond donors (Lipinski definition) is 1. The van der Waals surface area contributed by atoms with Crippen molar-refractivity contribution in [1.29, 1.82) is 0 Å². The molecule has 1 N–H and O–H groups in total. The van der Waals surface area contributed by atoms with Gasteiger partial charge in [-0.2, -0.15) is 0 Å². The zero-order valence-electron chi connectivity index (χ0n) is 14.8. The number of halogens is 1. The van der Waals surface area contributed by atoms with Gasteiger partial charge in [0.1, 0.15) is 0 Å². The molecule has 0 spiro atoms. The molecule has 0 saturated carbocycles. The smallest absolute Gasteiger partial charge is 0.305 e. The van der Waals surface area contributed by atoms with Gasteiger partial charge in [0, 0.05) is 18.0 Å². The fourth-order valence-corrected chi connectivity index (χ4v) is 4.06. The van der Waals surface area contributed by atoms with E-state index in [1.165, 1.54) is 24.8 Å². The van der Waals surface area contributed by atoms with Gasteiger partial charge in [0.05, 0.1) is 12.0 Å². The maximum Gasteiger partial charge on any atom is 0.305 e. The van der Waals surface area contributed by atoms with Crippen LogP contribution in [0, 0.1) is 5.92 Å². The highest BCUT2D eigenvalue weighted by molar-refractivity contribution is 7.89. The molecule has 0 fully saturated rings. The van der Waals surface area contributed by atoms with Gasteiger partial charge in [0.2, 0.25) is 10.0 Å². The monoisotopic (exact) mass is 397 g/mol. The Morgan fingerprint density at radius 2 is 2.04 bits per heavy atom. The second-order valence-electron chi connectivity index (χ2n) is 6.15. The Bertz CT molecular complexity index is 769. The van der Waals surface area contributed by atoms with E-state index < -0.39 is 10.0 Å². The first kappa shape index (κ1) is 20.7. The maximum absolute atomic E-state index is 12.4. The van der Waals surface area contributed by atoms with E-state index in [1.54, 1.807) is 12.1 Å². The quantitative estimate of drug-likeness (QED) is 0.507. The molecule has 0 bridgehead atoms. The summed E-state index contributed by atoms with van der Waals surface area (Å²) in [7, 11) is -2.15. The molecular weight excluding hydrogens is 374 g/mol. The van der Waals surface area contributed by atoms with Crippen LogP contribution in [-0.4, -0.2) is 28.0 Å². The minimum atomic E-state index is -3.53. The normalized spacial score (nSPS) is 17.5. The summed E-state index contributed by atoms with van der Waals surface area (Å²) in [6.07, 6.45) is 9.85. The van der Waals surface area contributed by atoms with E-state index in [0.29, 0.717) is 24.4 Å². The SMILES string of the molecule is COC(=O)CC/C=C\CC1=CCC[C@@H]1CNS(=O)(=O)c1ccc(Cl)cc1. The molecule has 7 heteroatoms. The topological polar surface area (TPSA) is 72.5 Å². The number of carbonyl (C=O) groups is 1. The van der Waals surface area contributed by atoms with Gasteiger partial charge < -0.3 is 4.74 Å². The zero-order chi connectivity index (χ0) is 19.0. The molecule has 0 amide bonds. The van der Waals surface area contributed by atoms with Crippen LogP contribution in [-0.2, 0) is 19.6 Å². The van der Waals surface area contributed by atoms with Crippen molar-refractivity contribution in [3.63, 3.8) is 0 Å². The van der Waals surface area contributed by atoms with Crippen molar-refractivity contribution in [1.82, 2.24) is 4.72 Å². The summed E-state index contributed by atoms with van der Waals surface area (Å²) >= 11 is 5.80. The van der Waals surface area contributed by atoms with E-state index in [2.05, 4.69) is 15.5 Å². The van der Waals surface area contributed by atoms with Crippen molar-refractivity contribution in [3.05, 3.63) is 53.1 Å². The molecule has 0 aliphatic heterocycles. The van der Waals surface area contributed by atoms with Crippen LogP contribution in [0.1, 0.15) is 32.1 Å². The predicted molar refractivity (Wildman–Crippen MR) is 102 cm³/mol. The molecule has 142 valence electrons. The lowest BCUT2D eigenvalue weighted by Crippen LogP contribution is -2.29. The van der Waals surface area contributed by atoms with Crippen molar-refractivity contribution in [2.24, 2.45) is 5.92 Å². The molecule has 26 heavy (non-hydrogen) atoms. The van der Waals surface area contributed by atoms with E-state index in [4.69, 9.17) is 11.6 Å². The van der Waals surface area contributed by atoms with Gasteiger partial charge in [-0.05, 0) is 55.9 Å². The lowest BCUT2D eigenvalue weighted by atomic mass is 9.99. The van der Waals surface area contributed by atoms with Crippen molar-refractivity contribution in [3.8, 4) is 0 Å². The molecular formula is C19H24ClNO4S. The average molecular weight is 398 g/mol. The number of benzene rings is 1. The van der Waals surface area contributed by atoms with E-state index in [9.17, 15) is 13.2 Å². The van der Waals surface area contributed by atoms with Gasteiger partial charge in [0.15, 0.2) is 0 Å². The van der Waals surface area contributed by atoms with Crippen molar-refractivity contribution < 1.29 is 17.9 Å². The number of allylic oxidation sites excluding steroid dienone is 3. The largest absolute Gasteiger partial charge is 0.469 e. The first-order valence-electron chi connectivity index (χ1n) is 8.58. The van der Waals surface area contributed by atoms with Gasteiger partial charge >= 0.3 is 5.97 Å². The Morgan fingerprint density at radius 1 is 1.31 bits per heavy atom. The molecule has 1 aliphatic rings. The molecule has 1 aliphatic carbocycles. The van der Waals surface area contributed by atoms with Gasteiger partial charge in [0.25, 0.3) is 0 Å². The Balaban J connectivity index is 1.83. The van der Waals surface area contributed by atoms with E-state index in [-0.39, 0.29) is 16.8 Å². The highest BCUT2D eigenvalue weighted by Crippen LogP contribution is 2.28. The van der Waals surface area contributed by atoms with Crippen LogP contribution in [0.25, 0.3) is 0 Å². The molecule has 1 aromatic rings. The first-order chi connectivity index (χ1) is 12.4. The van der Waals surface area contributed by atoms with Crippen molar-refractivity contribution in [2.75, 3.05) is 13.7 Å². The molecule has 2 rings (SSSR count). The lowest BCUT2D eigenvalue weighted by Gasteiger charge is -2.15. The summed E-state index contributed by atoms with van der Waals surface area (Å²) in [5.74, 6) is -0.0217. The van der Waals surface area contributed by atoms with Crippen LogP contribution in [0.3, 0.4) is 0 Å². The second-order valence-corrected chi connectivity index (χ2v) is 8.35. The summed E-state index contributed by atoms with van der Waals surface area (Å²) in [5.41, 5.74) is 1.23. The maximum atomic E-state index is 12.4. The number of rotatable bonds is 9. The molecule has 0 aromatic heterocycles. The standard InChI is InChI=1S/C19H24ClNO4S/c1-25-19(22)9-4-2-3-6-15-7-5-8-16(15)14-21-26(23,24)18-12-10-17(20)11-13-18/h2-3,7,10-13,16,21H,4-6,8-9,14H2,1H3/b3-2-/t16-/m1/s1. The molecule has 0 heterocycles. The second kappa shape index (κ2) is 9.90. The summed E-state index contributed by atoms with van der Waals surface area (Å²) in [4.78, 5) is 11.3. The van der Waals surface area contributed by atoms with Crippen LogP contribution in [0.4, 0.5) is 0 Å². The highest BCUT2D eigenvalue weighted by Gasteiger charge is 2.21. The Hall–Kier alpha value is -1.63. The average Bonchev–Trinajstić information content (AvgIpc) is 3.07. The van der Waals surface area contributed by atoms with E-state index in [0.717, 1.165) is 19.3 Å².